The Bertz CT molecular complexity index is 496. The number of hydrogen-bond acceptors (Lipinski definition) is 2. The van der Waals surface area contributed by atoms with Gasteiger partial charge in [0.1, 0.15) is 11.5 Å². The number of furan rings is 1. The van der Waals surface area contributed by atoms with Crippen LogP contribution < -0.4 is 5.73 Å². The zero-order valence-electron chi connectivity index (χ0n) is 11.3. The number of aryl methyl sites for hydroxylation is 1. The second-order valence-electron chi connectivity index (χ2n) is 4.96. The minimum atomic E-state index is -0.175. The Morgan fingerprint density at radius 3 is 2.11 bits per heavy atom. The lowest BCUT2D eigenvalue weighted by Crippen LogP contribution is -2.10. The van der Waals surface area contributed by atoms with Gasteiger partial charge in [-0.1, -0.05) is 45.0 Å². The van der Waals surface area contributed by atoms with Gasteiger partial charge in [-0.2, -0.15) is 0 Å². The third kappa shape index (κ3) is 2.65. The van der Waals surface area contributed by atoms with Gasteiger partial charge in [0.15, 0.2) is 0 Å². The molecule has 0 aliphatic rings. The quantitative estimate of drug-likeness (QED) is 0.881. The summed E-state index contributed by atoms with van der Waals surface area (Å²) in [4.78, 5) is 0. The van der Waals surface area contributed by atoms with Gasteiger partial charge in [-0.05, 0) is 29.2 Å². The molecule has 1 heterocycles. The summed E-state index contributed by atoms with van der Waals surface area (Å²) in [6.45, 7) is 6.45. The van der Waals surface area contributed by atoms with Crippen LogP contribution in [0.4, 0.5) is 0 Å². The van der Waals surface area contributed by atoms with Crippen LogP contribution in [0.25, 0.3) is 0 Å². The van der Waals surface area contributed by atoms with Crippen molar-refractivity contribution in [3.05, 3.63) is 59.0 Å². The molecule has 2 N–H and O–H groups in total. The molecule has 0 saturated heterocycles. The summed E-state index contributed by atoms with van der Waals surface area (Å²) in [6.07, 6.45) is 0.902. The summed E-state index contributed by atoms with van der Waals surface area (Å²) in [7, 11) is 0. The highest BCUT2D eigenvalue weighted by Crippen LogP contribution is 2.24. The van der Waals surface area contributed by atoms with Crippen LogP contribution in [0.3, 0.4) is 0 Å². The van der Waals surface area contributed by atoms with E-state index in [4.69, 9.17) is 10.2 Å². The average Bonchev–Trinajstić information content (AvgIpc) is 2.86. The van der Waals surface area contributed by atoms with Gasteiger partial charge in [-0.25, -0.2) is 0 Å². The molecule has 1 aromatic carbocycles. The molecule has 0 saturated carbocycles. The van der Waals surface area contributed by atoms with Gasteiger partial charge in [-0.3, -0.25) is 0 Å². The lowest BCUT2D eigenvalue weighted by molar-refractivity contribution is 0.454. The molecule has 2 heteroatoms. The van der Waals surface area contributed by atoms with Crippen LogP contribution in [0.1, 0.15) is 55.4 Å². The van der Waals surface area contributed by atoms with E-state index in [0.717, 1.165) is 23.5 Å². The molecule has 1 unspecified atom stereocenters. The second-order valence-corrected chi connectivity index (χ2v) is 4.96. The van der Waals surface area contributed by atoms with Crippen LogP contribution >= 0.6 is 0 Å². The Balaban J connectivity index is 2.20. The highest BCUT2D eigenvalue weighted by Gasteiger charge is 2.13. The highest BCUT2D eigenvalue weighted by molar-refractivity contribution is 5.31. The van der Waals surface area contributed by atoms with E-state index in [2.05, 4.69) is 45.0 Å². The fourth-order valence-electron chi connectivity index (χ4n) is 2.00. The highest BCUT2D eigenvalue weighted by atomic mass is 16.3. The molecule has 2 aromatic rings. The van der Waals surface area contributed by atoms with Gasteiger partial charge in [0.05, 0.1) is 6.04 Å². The van der Waals surface area contributed by atoms with Crippen molar-refractivity contribution in [3.8, 4) is 0 Å². The molecule has 0 spiro atoms. The number of benzene rings is 1. The minimum Gasteiger partial charge on any atom is -0.464 e. The lowest BCUT2D eigenvalue weighted by atomic mass is 9.98. The maximum atomic E-state index is 6.22. The molecule has 0 aliphatic carbocycles. The normalized spacial score (nSPS) is 12.9. The van der Waals surface area contributed by atoms with Gasteiger partial charge in [0.2, 0.25) is 0 Å². The minimum absolute atomic E-state index is 0.175. The van der Waals surface area contributed by atoms with E-state index in [1.807, 2.05) is 12.1 Å². The van der Waals surface area contributed by atoms with Crippen molar-refractivity contribution in [3.63, 3.8) is 0 Å². The Kier molecular flexibility index (Phi) is 3.87. The van der Waals surface area contributed by atoms with Crippen molar-refractivity contribution < 1.29 is 4.42 Å². The van der Waals surface area contributed by atoms with E-state index >= 15 is 0 Å². The van der Waals surface area contributed by atoms with E-state index in [9.17, 15) is 0 Å². The van der Waals surface area contributed by atoms with E-state index in [1.54, 1.807) is 0 Å². The zero-order chi connectivity index (χ0) is 13.1. The monoisotopic (exact) mass is 243 g/mol. The second kappa shape index (κ2) is 5.40. The summed E-state index contributed by atoms with van der Waals surface area (Å²) < 4.78 is 5.70. The summed E-state index contributed by atoms with van der Waals surface area (Å²) >= 11 is 0. The fourth-order valence-corrected chi connectivity index (χ4v) is 2.00. The smallest absolute Gasteiger partial charge is 0.125 e. The van der Waals surface area contributed by atoms with E-state index in [-0.39, 0.29) is 6.04 Å². The Hall–Kier alpha value is -1.54. The lowest BCUT2D eigenvalue weighted by Gasteiger charge is -2.11. The van der Waals surface area contributed by atoms with Crippen LogP contribution in [0.15, 0.2) is 40.8 Å². The van der Waals surface area contributed by atoms with E-state index in [1.165, 1.54) is 5.56 Å². The van der Waals surface area contributed by atoms with Gasteiger partial charge in [0.25, 0.3) is 0 Å². The average molecular weight is 243 g/mol. The Morgan fingerprint density at radius 1 is 1.00 bits per heavy atom. The number of rotatable bonds is 4. The van der Waals surface area contributed by atoms with E-state index < -0.39 is 0 Å². The first kappa shape index (κ1) is 12.9. The molecule has 18 heavy (non-hydrogen) atoms. The molecule has 0 bridgehead atoms. The molecule has 0 fully saturated rings. The fraction of sp³-hybridized carbons (Fsp3) is 0.375. The molecule has 1 atom stereocenters. The van der Waals surface area contributed by atoms with Crippen molar-refractivity contribution in [2.45, 2.75) is 39.2 Å². The van der Waals surface area contributed by atoms with Gasteiger partial charge >= 0.3 is 0 Å². The standard InChI is InChI=1S/C16H21NO/c1-4-14-9-10-15(18-14)16(17)13-7-5-12(6-8-13)11(2)3/h5-11,16H,4,17H2,1-3H3. The predicted octanol–water partition coefficient (Wildman–Crippen LogP) is 4.01. The summed E-state index contributed by atoms with van der Waals surface area (Å²) in [5.74, 6) is 2.37. The van der Waals surface area contributed by atoms with Crippen LogP contribution in [0.2, 0.25) is 0 Å². The van der Waals surface area contributed by atoms with Crippen molar-refractivity contribution in [1.82, 2.24) is 0 Å². The first-order chi connectivity index (χ1) is 8.61. The topological polar surface area (TPSA) is 39.2 Å². The molecule has 96 valence electrons. The Labute approximate surface area is 109 Å². The van der Waals surface area contributed by atoms with Gasteiger partial charge < -0.3 is 10.2 Å². The van der Waals surface area contributed by atoms with Crippen molar-refractivity contribution in [2.75, 3.05) is 0 Å². The first-order valence-electron chi connectivity index (χ1n) is 6.56. The third-order valence-electron chi connectivity index (χ3n) is 3.30. The third-order valence-corrected chi connectivity index (χ3v) is 3.30. The van der Waals surface area contributed by atoms with Gasteiger partial charge in [0, 0.05) is 6.42 Å². The first-order valence-corrected chi connectivity index (χ1v) is 6.56. The van der Waals surface area contributed by atoms with Crippen molar-refractivity contribution in [2.24, 2.45) is 5.73 Å². The molecule has 2 rings (SSSR count). The van der Waals surface area contributed by atoms with Crippen molar-refractivity contribution in [1.29, 1.82) is 0 Å². The van der Waals surface area contributed by atoms with Gasteiger partial charge in [-0.15, -0.1) is 0 Å². The molecule has 0 aliphatic heterocycles. The number of hydrogen-bond donors (Lipinski definition) is 1. The Morgan fingerprint density at radius 2 is 1.61 bits per heavy atom. The summed E-state index contributed by atoms with van der Waals surface area (Å²) in [5.41, 5.74) is 8.64. The molecule has 2 nitrogen and oxygen atoms in total. The van der Waals surface area contributed by atoms with Crippen LogP contribution in [-0.2, 0) is 6.42 Å². The summed E-state index contributed by atoms with van der Waals surface area (Å²) in [6, 6.07) is 12.3. The zero-order valence-corrected chi connectivity index (χ0v) is 11.3. The molecule has 1 aromatic heterocycles. The molecular formula is C16H21NO. The molecule has 0 radical (unpaired) electrons. The predicted molar refractivity (Wildman–Crippen MR) is 74.6 cm³/mol. The van der Waals surface area contributed by atoms with Crippen LogP contribution in [-0.4, -0.2) is 0 Å². The summed E-state index contributed by atoms with van der Waals surface area (Å²) in [5, 5.41) is 0. The largest absolute Gasteiger partial charge is 0.464 e. The maximum Gasteiger partial charge on any atom is 0.125 e. The molecular weight excluding hydrogens is 222 g/mol. The number of nitrogens with two attached hydrogens (primary N) is 1. The SMILES string of the molecule is CCc1ccc(C(N)c2ccc(C(C)C)cc2)o1. The van der Waals surface area contributed by atoms with Crippen LogP contribution in [0, 0.1) is 0 Å². The van der Waals surface area contributed by atoms with Crippen molar-refractivity contribution >= 4 is 0 Å². The maximum absolute atomic E-state index is 6.22. The van der Waals surface area contributed by atoms with Crippen LogP contribution in [0.5, 0.6) is 0 Å². The molecule has 0 amide bonds. The van der Waals surface area contributed by atoms with E-state index in [0.29, 0.717) is 5.92 Å².